The van der Waals surface area contributed by atoms with Crippen molar-refractivity contribution in [2.75, 3.05) is 21.3 Å². The first-order valence-electron chi connectivity index (χ1n) is 7.40. The first kappa shape index (κ1) is 18.3. The molecular formula is C18H20BrNO4. The summed E-state index contributed by atoms with van der Waals surface area (Å²) in [5.74, 6) is -1.45. The highest BCUT2D eigenvalue weighted by atomic mass is 79.9. The van der Waals surface area contributed by atoms with Gasteiger partial charge in [0.15, 0.2) is 0 Å². The molecule has 2 rings (SSSR count). The number of carbonyl (C=O) groups excluding carboxylic acids is 2. The summed E-state index contributed by atoms with van der Waals surface area (Å²) in [6, 6.07) is 7.52. The Bertz CT molecular complexity index is 694. The number of hydrogen-bond donors (Lipinski definition) is 0. The number of nitrogens with zero attached hydrogens (tertiary/aromatic N) is 1. The Balaban J connectivity index is 2.74. The Kier molecular flexibility index (Phi) is 5.49. The van der Waals surface area contributed by atoms with Crippen LogP contribution in [0, 0.1) is 0 Å². The number of esters is 2. The molecule has 0 bridgehead atoms. The average molecular weight is 394 g/mol. The maximum Gasteiger partial charge on any atom is 0.336 e. The van der Waals surface area contributed by atoms with Crippen molar-refractivity contribution < 1.29 is 19.1 Å². The molecule has 5 nitrogen and oxygen atoms in total. The number of benzene rings is 1. The molecule has 0 atom stereocenters. The van der Waals surface area contributed by atoms with Crippen molar-refractivity contribution in [2.24, 2.45) is 0 Å². The molecule has 1 aromatic rings. The Hall–Kier alpha value is -2.08. The lowest BCUT2D eigenvalue weighted by Gasteiger charge is -2.35. The van der Waals surface area contributed by atoms with Gasteiger partial charge in [-0.1, -0.05) is 28.1 Å². The lowest BCUT2D eigenvalue weighted by atomic mass is 9.80. The number of rotatable bonds is 3. The topological polar surface area (TPSA) is 55.8 Å². The standard InChI is InChI=1S/C18H20BrNO4/c1-10-14(17(21)23-4)16(12-6-8-13(19)9-7-12)15(18(22)24-5)11(2)20(10)3/h6-9,16H,1-5H3. The van der Waals surface area contributed by atoms with E-state index in [1.807, 2.05) is 50.1 Å². The smallest absolute Gasteiger partial charge is 0.336 e. The molecule has 0 radical (unpaired) electrons. The zero-order valence-corrected chi connectivity index (χ0v) is 15.9. The summed E-state index contributed by atoms with van der Waals surface area (Å²) < 4.78 is 10.9. The van der Waals surface area contributed by atoms with Gasteiger partial charge in [-0.3, -0.25) is 0 Å². The lowest BCUT2D eigenvalue weighted by Crippen LogP contribution is -2.33. The summed E-state index contributed by atoms with van der Waals surface area (Å²) in [5.41, 5.74) is 3.20. The van der Waals surface area contributed by atoms with Crippen LogP contribution in [0.3, 0.4) is 0 Å². The van der Waals surface area contributed by atoms with Crippen molar-refractivity contribution in [1.82, 2.24) is 4.90 Å². The molecule has 128 valence electrons. The van der Waals surface area contributed by atoms with E-state index in [2.05, 4.69) is 15.9 Å². The van der Waals surface area contributed by atoms with Crippen LogP contribution in [0.15, 0.2) is 51.3 Å². The van der Waals surface area contributed by atoms with Gasteiger partial charge in [-0.2, -0.15) is 0 Å². The molecule has 1 aliphatic rings. The predicted molar refractivity (Wildman–Crippen MR) is 94.1 cm³/mol. The number of ether oxygens (including phenoxy) is 2. The van der Waals surface area contributed by atoms with Crippen molar-refractivity contribution >= 4 is 27.9 Å². The highest BCUT2D eigenvalue weighted by Gasteiger charge is 2.39. The van der Waals surface area contributed by atoms with Gasteiger partial charge in [0.2, 0.25) is 0 Å². The van der Waals surface area contributed by atoms with Gasteiger partial charge in [0.1, 0.15) is 0 Å². The van der Waals surface area contributed by atoms with Crippen molar-refractivity contribution in [3.05, 3.63) is 56.8 Å². The van der Waals surface area contributed by atoms with E-state index >= 15 is 0 Å². The van der Waals surface area contributed by atoms with Crippen LogP contribution < -0.4 is 0 Å². The largest absolute Gasteiger partial charge is 0.466 e. The van der Waals surface area contributed by atoms with Crippen molar-refractivity contribution in [1.29, 1.82) is 0 Å². The summed E-state index contributed by atoms with van der Waals surface area (Å²) >= 11 is 3.40. The summed E-state index contributed by atoms with van der Waals surface area (Å²) in [6.07, 6.45) is 0. The van der Waals surface area contributed by atoms with Crippen LogP contribution in [0.4, 0.5) is 0 Å². The minimum absolute atomic E-state index is 0.438. The Labute approximate surface area is 150 Å². The van der Waals surface area contributed by atoms with Crippen molar-refractivity contribution in [3.8, 4) is 0 Å². The van der Waals surface area contributed by atoms with E-state index in [-0.39, 0.29) is 0 Å². The number of hydrogen-bond acceptors (Lipinski definition) is 5. The minimum Gasteiger partial charge on any atom is -0.466 e. The third-order valence-electron chi connectivity index (χ3n) is 4.38. The SMILES string of the molecule is COC(=O)C1=C(C)N(C)C(C)=C(C(=O)OC)C1c1ccc(Br)cc1. The third-order valence-corrected chi connectivity index (χ3v) is 4.91. The quantitative estimate of drug-likeness (QED) is 0.736. The second-order valence-corrected chi connectivity index (χ2v) is 6.44. The van der Waals surface area contributed by atoms with E-state index in [1.54, 1.807) is 0 Å². The van der Waals surface area contributed by atoms with E-state index in [4.69, 9.17) is 9.47 Å². The van der Waals surface area contributed by atoms with Gasteiger partial charge in [0.05, 0.1) is 31.3 Å². The number of halogens is 1. The minimum atomic E-state index is -0.533. The van der Waals surface area contributed by atoms with Gasteiger partial charge in [0.25, 0.3) is 0 Å². The van der Waals surface area contributed by atoms with Gasteiger partial charge < -0.3 is 14.4 Å². The van der Waals surface area contributed by atoms with E-state index in [9.17, 15) is 9.59 Å². The molecule has 0 saturated carbocycles. The molecule has 6 heteroatoms. The first-order chi connectivity index (χ1) is 11.3. The molecule has 1 aliphatic heterocycles. The molecule has 24 heavy (non-hydrogen) atoms. The molecule has 0 aliphatic carbocycles. The molecule has 0 spiro atoms. The maximum atomic E-state index is 12.4. The van der Waals surface area contributed by atoms with E-state index in [0.29, 0.717) is 11.1 Å². The van der Waals surface area contributed by atoms with E-state index < -0.39 is 17.9 Å². The van der Waals surface area contributed by atoms with E-state index in [1.165, 1.54) is 14.2 Å². The fraction of sp³-hybridized carbons (Fsp3) is 0.333. The number of methoxy groups -OCH3 is 2. The van der Waals surface area contributed by atoms with Gasteiger partial charge in [-0.05, 0) is 31.5 Å². The third kappa shape index (κ3) is 3.11. The second-order valence-electron chi connectivity index (χ2n) is 5.52. The Morgan fingerprint density at radius 2 is 1.38 bits per heavy atom. The van der Waals surface area contributed by atoms with Gasteiger partial charge in [-0.25, -0.2) is 9.59 Å². The molecule has 0 fully saturated rings. The van der Waals surface area contributed by atoms with Crippen molar-refractivity contribution in [3.63, 3.8) is 0 Å². The van der Waals surface area contributed by atoms with Crippen LogP contribution in [0.2, 0.25) is 0 Å². The van der Waals surface area contributed by atoms with Crippen molar-refractivity contribution in [2.45, 2.75) is 19.8 Å². The zero-order valence-electron chi connectivity index (χ0n) is 14.3. The zero-order chi connectivity index (χ0) is 18.0. The average Bonchev–Trinajstić information content (AvgIpc) is 2.59. The van der Waals surface area contributed by atoms with Crippen LogP contribution in [0.25, 0.3) is 0 Å². The number of carbonyl (C=O) groups is 2. The van der Waals surface area contributed by atoms with Crippen LogP contribution >= 0.6 is 15.9 Å². The predicted octanol–water partition coefficient (Wildman–Crippen LogP) is 3.37. The number of allylic oxidation sites excluding steroid dienone is 2. The fourth-order valence-electron chi connectivity index (χ4n) is 2.91. The molecule has 1 aromatic carbocycles. The second kappa shape index (κ2) is 7.21. The Morgan fingerprint density at radius 1 is 0.958 bits per heavy atom. The van der Waals surface area contributed by atoms with Crippen LogP contribution in [0.1, 0.15) is 25.3 Å². The lowest BCUT2D eigenvalue weighted by molar-refractivity contribution is -0.137. The molecule has 0 N–H and O–H groups in total. The molecule has 0 saturated heterocycles. The van der Waals surface area contributed by atoms with Crippen LogP contribution in [-0.4, -0.2) is 38.1 Å². The molecular weight excluding hydrogens is 374 g/mol. The summed E-state index contributed by atoms with van der Waals surface area (Å²) in [7, 11) is 4.49. The molecule has 1 heterocycles. The summed E-state index contributed by atoms with van der Waals surface area (Å²) in [4.78, 5) is 26.7. The molecule has 0 aromatic heterocycles. The summed E-state index contributed by atoms with van der Waals surface area (Å²) in [5, 5.41) is 0. The first-order valence-corrected chi connectivity index (χ1v) is 8.20. The van der Waals surface area contributed by atoms with Crippen LogP contribution in [-0.2, 0) is 19.1 Å². The normalized spacial score (nSPS) is 15.7. The highest BCUT2D eigenvalue weighted by molar-refractivity contribution is 9.10. The van der Waals surface area contributed by atoms with E-state index in [0.717, 1.165) is 21.4 Å². The van der Waals surface area contributed by atoms with Gasteiger partial charge >= 0.3 is 11.9 Å². The maximum absolute atomic E-state index is 12.4. The summed E-state index contributed by atoms with van der Waals surface area (Å²) in [6.45, 7) is 3.69. The van der Waals surface area contributed by atoms with Crippen LogP contribution in [0.5, 0.6) is 0 Å². The Morgan fingerprint density at radius 3 is 1.75 bits per heavy atom. The van der Waals surface area contributed by atoms with Gasteiger partial charge in [0, 0.05) is 22.9 Å². The fourth-order valence-corrected chi connectivity index (χ4v) is 3.18. The molecule has 0 unspecified atom stereocenters. The highest BCUT2D eigenvalue weighted by Crippen LogP contribution is 2.42. The monoisotopic (exact) mass is 393 g/mol. The molecule has 0 amide bonds. The van der Waals surface area contributed by atoms with Gasteiger partial charge in [-0.15, -0.1) is 0 Å².